The summed E-state index contributed by atoms with van der Waals surface area (Å²) >= 11 is 0. The molecule has 5 heteroatoms. The number of aryl methyl sites for hydroxylation is 1. The second kappa shape index (κ2) is 5.01. The number of hydrogen-bond acceptors (Lipinski definition) is 2. The highest BCUT2D eigenvalue weighted by Crippen LogP contribution is 2.24. The fraction of sp³-hybridized carbons (Fsp3) is 0.125. The first kappa shape index (κ1) is 13.3. The zero-order valence-electron chi connectivity index (χ0n) is 11.4. The van der Waals surface area contributed by atoms with Gasteiger partial charge in [-0.1, -0.05) is 24.3 Å². The zero-order valence-corrected chi connectivity index (χ0v) is 11.4. The maximum Gasteiger partial charge on any atom is 0.305 e. The van der Waals surface area contributed by atoms with Crippen LogP contribution in [0.5, 0.6) is 0 Å². The van der Waals surface area contributed by atoms with Crippen LogP contribution in [0.3, 0.4) is 0 Å². The smallest absolute Gasteiger partial charge is 0.305 e. The van der Waals surface area contributed by atoms with E-state index in [9.17, 15) is 14.5 Å². The summed E-state index contributed by atoms with van der Waals surface area (Å²) in [4.78, 5) is 10.1. The predicted octanol–water partition coefficient (Wildman–Crippen LogP) is 4.05. The maximum atomic E-state index is 14.1. The van der Waals surface area contributed by atoms with Crippen LogP contribution in [0.15, 0.2) is 48.7 Å². The molecule has 3 rings (SSSR count). The minimum atomic E-state index is -0.767. The van der Waals surface area contributed by atoms with E-state index in [0.29, 0.717) is 5.56 Å². The first-order valence-electron chi connectivity index (χ1n) is 6.54. The van der Waals surface area contributed by atoms with E-state index < -0.39 is 16.4 Å². The van der Waals surface area contributed by atoms with Gasteiger partial charge in [-0.15, -0.1) is 0 Å². The van der Waals surface area contributed by atoms with Crippen LogP contribution in [0.4, 0.5) is 10.1 Å². The maximum absolute atomic E-state index is 14.1. The Labute approximate surface area is 120 Å². The Bertz CT molecular complexity index is 839. The van der Waals surface area contributed by atoms with Crippen molar-refractivity contribution >= 4 is 16.6 Å². The van der Waals surface area contributed by atoms with Crippen molar-refractivity contribution in [1.29, 1.82) is 0 Å². The normalized spacial score (nSPS) is 11.0. The summed E-state index contributed by atoms with van der Waals surface area (Å²) in [5, 5.41) is 11.9. The highest BCUT2D eigenvalue weighted by atomic mass is 19.1. The van der Waals surface area contributed by atoms with Crippen LogP contribution < -0.4 is 0 Å². The lowest BCUT2D eigenvalue weighted by Gasteiger charge is -2.07. The van der Waals surface area contributed by atoms with Gasteiger partial charge in [-0.3, -0.25) is 10.1 Å². The van der Waals surface area contributed by atoms with Crippen molar-refractivity contribution in [2.45, 2.75) is 13.5 Å². The molecular weight excluding hydrogens is 271 g/mol. The number of benzene rings is 2. The zero-order chi connectivity index (χ0) is 15.0. The van der Waals surface area contributed by atoms with E-state index in [-0.39, 0.29) is 6.54 Å². The highest BCUT2D eigenvalue weighted by Gasteiger charge is 2.17. The van der Waals surface area contributed by atoms with Crippen molar-refractivity contribution in [3.05, 3.63) is 75.7 Å². The Hall–Kier alpha value is -2.69. The van der Waals surface area contributed by atoms with Crippen LogP contribution in [-0.2, 0) is 6.54 Å². The largest absolute Gasteiger partial charge is 0.343 e. The third-order valence-electron chi connectivity index (χ3n) is 3.63. The molecule has 3 aromatic rings. The van der Waals surface area contributed by atoms with Crippen molar-refractivity contribution in [1.82, 2.24) is 4.57 Å². The van der Waals surface area contributed by atoms with Crippen molar-refractivity contribution in [2.75, 3.05) is 0 Å². The number of aromatic nitrogens is 1. The van der Waals surface area contributed by atoms with E-state index >= 15 is 0 Å². The molecule has 0 saturated carbocycles. The molecule has 0 bridgehead atoms. The number of rotatable bonds is 3. The van der Waals surface area contributed by atoms with E-state index in [1.807, 2.05) is 42.0 Å². The van der Waals surface area contributed by atoms with Crippen LogP contribution in [0.2, 0.25) is 0 Å². The standard InChI is InChI=1S/C16H13FN2O2/c1-11-4-2-6-14-13(11)8-9-18(14)10-12-5-3-7-15(16(12)17)19(20)21/h2-9H,10H2,1H3. The van der Waals surface area contributed by atoms with E-state index in [2.05, 4.69) is 0 Å². The van der Waals surface area contributed by atoms with E-state index in [0.717, 1.165) is 16.5 Å². The Kier molecular flexibility index (Phi) is 3.17. The molecule has 4 nitrogen and oxygen atoms in total. The van der Waals surface area contributed by atoms with Gasteiger partial charge < -0.3 is 4.57 Å². The number of halogens is 1. The van der Waals surface area contributed by atoms with Gasteiger partial charge in [0.15, 0.2) is 0 Å². The molecule has 0 aliphatic rings. The summed E-state index contributed by atoms with van der Waals surface area (Å²) in [6.45, 7) is 2.28. The Morgan fingerprint density at radius 3 is 2.71 bits per heavy atom. The van der Waals surface area contributed by atoms with Gasteiger partial charge in [0, 0.05) is 28.7 Å². The molecule has 0 amide bonds. The van der Waals surface area contributed by atoms with Gasteiger partial charge in [0.2, 0.25) is 5.82 Å². The lowest BCUT2D eigenvalue weighted by Crippen LogP contribution is -2.03. The lowest BCUT2D eigenvalue weighted by atomic mass is 10.1. The molecule has 1 aromatic heterocycles. The summed E-state index contributed by atoms with van der Waals surface area (Å²) < 4.78 is 16.0. The highest BCUT2D eigenvalue weighted by molar-refractivity contribution is 5.83. The minimum Gasteiger partial charge on any atom is -0.343 e. The van der Waals surface area contributed by atoms with Gasteiger partial charge in [0.05, 0.1) is 11.5 Å². The number of fused-ring (bicyclic) bond motifs is 1. The van der Waals surface area contributed by atoms with Crippen LogP contribution in [0.25, 0.3) is 10.9 Å². The van der Waals surface area contributed by atoms with Crippen LogP contribution >= 0.6 is 0 Å². The molecular formula is C16H13FN2O2. The fourth-order valence-corrected chi connectivity index (χ4v) is 2.53. The molecule has 0 saturated heterocycles. The van der Waals surface area contributed by atoms with E-state index in [1.165, 1.54) is 12.1 Å². The summed E-state index contributed by atoms with van der Waals surface area (Å²) in [6.07, 6.45) is 1.87. The second-order valence-electron chi connectivity index (χ2n) is 4.96. The van der Waals surface area contributed by atoms with Gasteiger partial charge in [-0.25, -0.2) is 0 Å². The van der Waals surface area contributed by atoms with Crippen LogP contribution in [0.1, 0.15) is 11.1 Å². The van der Waals surface area contributed by atoms with Crippen molar-refractivity contribution in [3.63, 3.8) is 0 Å². The second-order valence-corrected chi connectivity index (χ2v) is 4.96. The molecule has 0 N–H and O–H groups in total. The van der Waals surface area contributed by atoms with Gasteiger partial charge in [0.1, 0.15) is 0 Å². The third kappa shape index (κ3) is 2.27. The topological polar surface area (TPSA) is 48.1 Å². The monoisotopic (exact) mass is 284 g/mol. The Balaban J connectivity index is 2.05. The van der Waals surface area contributed by atoms with E-state index in [4.69, 9.17) is 0 Å². The molecule has 0 atom stereocenters. The molecule has 0 fully saturated rings. The lowest BCUT2D eigenvalue weighted by molar-refractivity contribution is -0.387. The molecule has 0 unspecified atom stereocenters. The number of nitrogens with zero attached hydrogens (tertiary/aromatic N) is 2. The summed E-state index contributed by atoms with van der Waals surface area (Å²) in [6, 6.07) is 12.1. The van der Waals surface area contributed by atoms with Crippen LogP contribution in [0, 0.1) is 22.9 Å². The van der Waals surface area contributed by atoms with Gasteiger partial charge >= 0.3 is 5.69 Å². The summed E-state index contributed by atoms with van der Waals surface area (Å²) in [5.41, 5.74) is 1.95. The quantitative estimate of drug-likeness (QED) is 0.538. The van der Waals surface area contributed by atoms with E-state index in [1.54, 1.807) is 6.07 Å². The average Bonchev–Trinajstić information content (AvgIpc) is 2.85. The first-order chi connectivity index (χ1) is 10.1. The molecule has 0 radical (unpaired) electrons. The molecule has 2 aromatic carbocycles. The summed E-state index contributed by atoms with van der Waals surface area (Å²) in [7, 11) is 0. The van der Waals surface area contributed by atoms with Crippen molar-refractivity contribution < 1.29 is 9.31 Å². The number of hydrogen-bond donors (Lipinski definition) is 0. The molecule has 21 heavy (non-hydrogen) atoms. The third-order valence-corrected chi connectivity index (χ3v) is 3.63. The Morgan fingerprint density at radius 2 is 1.95 bits per heavy atom. The molecule has 0 aliphatic heterocycles. The first-order valence-corrected chi connectivity index (χ1v) is 6.54. The summed E-state index contributed by atoms with van der Waals surface area (Å²) in [5.74, 6) is -0.767. The van der Waals surface area contributed by atoms with Gasteiger partial charge in [-0.2, -0.15) is 4.39 Å². The Morgan fingerprint density at radius 1 is 1.19 bits per heavy atom. The average molecular weight is 284 g/mol. The molecule has 0 aliphatic carbocycles. The molecule has 1 heterocycles. The SMILES string of the molecule is Cc1cccc2c1ccn2Cc1cccc([N+](=O)[O-])c1F. The number of nitro groups is 1. The predicted molar refractivity (Wildman–Crippen MR) is 78.8 cm³/mol. The fourth-order valence-electron chi connectivity index (χ4n) is 2.53. The number of nitro benzene ring substituents is 1. The van der Waals surface area contributed by atoms with Gasteiger partial charge in [-0.05, 0) is 24.6 Å². The minimum absolute atomic E-state index is 0.264. The van der Waals surface area contributed by atoms with Crippen molar-refractivity contribution in [2.24, 2.45) is 0 Å². The van der Waals surface area contributed by atoms with Crippen molar-refractivity contribution in [3.8, 4) is 0 Å². The molecule has 0 spiro atoms. The molecule has 106 valence electrons. The van der Waals surface area contributed by atoms with Crippen LogP contribution in [-0.4, -0.2) is 9.49 Å². The van der Waals surface area contributed by atoms with Gasteiger partial charge in [0.25, 0.3) is 0 Å².